The highest BCUT2D eigenvalue weighted by Crippen LogP contribution is 2.27. The van der Waals surface area contributed by atoms with Gasteiger partial charge >= 0.3 is 6.18 Å². The maximum Gasteiger partial charge on any atom is 0.453 e. The monoisotopic (exact) mass is 380 g/mol. The van der Waals surface area contributed by atoms with E-state index in [9.17, 15) is 18.0 Å². The number of benzene rings is 1. The topological polar surface area (TPSA) is 78.0 Å². The average Bonchev–Trinajstić information content (AvgIpc) is 3.01. The van der Waals surface area contributed by atoms with Gasteiger partial charge < -0.3 is 0 Å². The molecule has 26 heavy (non-hydrogen) atoms. The lowest BCUT2D eigenvalue weighted by atomic mass is 10.2. The lowest BCUT2D eigenvalue weighted by Gasteiger charge is -2.09. The fraction of sp³-hybridized carbons (Fsp3) is 0.133. The SMILES string of the molecule is Cc1ccc(-n2ccc3c(nnc4nc(C(F)(F)F)nn43)c2=O)c(Cl)c1. The molecule has 3 aromatic heterocycles. The standard InChI is InChI=1S/C15H8ClF3N6O/c1-7-2-3-9(8(16)6-7)24-5-4-10-11(12(24)26)21-22-14-20-13(15(17,18)19)23-25(10)14/h2-6H,1H3. The minimum Gasteiger partial charge on any atom is -0.281 e. The Balaban J connectivity index is 1.99. The Morgan fingerprint density at radius 2 is 1.92 bits per heavy atom. The van der Waals surface area contributed by atoms with Gasteiger partial charge in [-0.05, 0) is 30.7 Å². The van der Waals surface area contributed by atoms with Gasteiger partial charge in [0.25, 0.3) is 17.2 Å². The zero-order valence-corrected chi connectivity index (χ0v) is 13.7. The van der Waals surface area contributed by atoms with Gasteiger partial charge in [-0.25, -0.2) is 0 Å². The van der Waals surface area contributed by atoms with E-state index < -0.39 is 17.6 Å². The summed E-state index contributed by atoms with van der Waals surface area (Å²) in [7, 11) is 0. The molecule has 0 aliphatic heterocycles. The summed E-state index contributed by atoms with van der Waals surface area (Å²) in [6.45, 7) is 1.85. The fourth-order valence-electron chi connectivity index (χ4n) is 2.52. The molecule has 0 amide bonds. The summed E-state index contributed by atoms with van der Waals surface area (Å²) in [5, 5.41) is 11.0. The third kappa shape index (κ3) is 2.49. The Bertz CT molecular complexity index is 1230. The summed E-state index contributed by atoms with van der Waals surface area (Å²) in [6, 6.07) is 6.53. The van der Waals surface area contributed by atoms with Gasteiger partial charge in [-0.3, -0.25) is 9.36 Å². The second-order valence-corrected chi connectivity index (χ2v) is 5.93. The largest absolute Gasteiger partial charge is 0.453 e. The summed E-state index contributed by atoms with van der Waals surface area (Å²) >= 11 is 6.19. The number of rotatable bonds is 1. The number of fused-ring (bicyclic) bond motifs is 3. The molecule has 0 bridgehead atoms. The van der Waals surface area contributed by atoms with E-state index in [0.717, 1.165) is 10.1 Å². The normalized spacial score (nSPS) is 12.2. The lowest BCUT2D eigenvalue weighted by Crippen LogP contribution is -2.20. The van der Waals surface area contributed by atoms with E-state index in [2.05, 4.69) is 20.3 Å². The Morgan fingerprint density at radius 1 is 1.15 bits per heavy atom. The summed E-state index contributed by atoms with van der Waals surface area (Å²) in [5.74, 6) is -1.71. The van der Waals surface area contributed by atoms with Crippen molar-refractivity contribution in [1.82, 2.24) is 29.4 Å². The third-order valence-corrected chi connectivity index (χ3v) is 4.02. The van der Waals surface area contributed by atoms with Crippen LogP contribution in [0.3, 0.4) is 0 Å². The van der Waals surface area contributed by atoms with E-state index in [0.29, 0.717) is 10.7 Å². The van der Waals surface area contributed by atoms with Gasteiger partial charge in [0.2, 0.25) is 0 Å². The maximum absolute atomic E-state index is 12.8. The number of hydrogen-bond acceptors (Lipinski definition) is 5. The van der Waals surface area contributed by atoms with Crippen LogP contribution in [-0.2, 0) is 6.18 Å². The van der Waals surface area contributed by atoms with E-state index in [1.165, 1.54) is 16.8 Å². The van der Waals surface area contributed by atoms with Crippen molar-refractivity contribution in [3.05, 3.63) is 57.2 Å². The van der Waals surface area contributed by atoms with E-state index in [4.69, 9.17) is 11.6 Å². The summed E-state index contributed by atoms with van der Waals surface area (Å²) < 4.78 is 40.5. The molecule has 7 nitrogen and oxygen atoms in total. The number of pyridine rings is 1. The highest BCUT2D eigenvalue weighted by molar-refractivity contribution is 6.32. The summed E-state index contributed by atoms with van der Waals surface area (Å²) in [6.07, 6.45) is -3.35. The van der Waals surface area contributed by atoms with E-state index in [-0.39, 0.29) is 16.8 Å². The van der Waals surface area contributed by atoms with Crippen LogP contribution >= 0.6 is 11.6 Å². The van der Waals surface area contributed by atoms with Gasteiger partial charge in [0.05, 0.1) is 10.7 Å². The molecule has 3 heterocycles. The van der Waals surface area contributed by atoms with Crippen LogP contribution in [-0.4, -0.2) is 29.4 Å². The predicted octanol–water partition coefficient (Wildman–Crippen LogP) is 2.80. The van der Waals surface area contributed by atoms with Crippen LogP contribution in [0.15, 0.2) is 35.3 Å². The first kappa shape index (κ1) is 16.5. The minimum absolute atomic E-state index is 0.0579. The van der Waals surface area contributed by atoms with Crippen LogP contribution in [0.5, 0.6) is 0 Å². The van der Waals surface area contributed by atoms with E-state index in [1.807, 2.05) is 6.92 Å². The van der Waals surface area contributed by atoms with Crippen molar-refractivity contribution < 1.29 is 13.2 Å². The molecule has 0 unspecified atom stereocenters. The Morgan fingerprint density at radius 3 is 2.62 bits per heavy atom. The van der Waals surface area contributed by atoms with E-state index >= 15 is 0 Å². The molecule has 0 atom stereocenters. The molecular formula is C15H8ClF3N6O. The molecule has 0 fully saturated rings. The maximum atomic E-state index is 12.8. The highest BCUT2D eigenvalue weighted by Gasteiger charge is 2.36. The van der Waals surface area contributed by atoms with Crippen molar-refractivity contribution >= 4 is 28.4 Å². The highest BCUT2D eigenvalue weighted by atomic mass is 35.5. The molecule has 0 aliphatic carbocycles. The van der Waals surface area contributed by atoms with Gasteiger partial charge in [0, 0.05) is 6.20 Å². The molecule has 0 aliphatic rings. The molecule has 0 saturated heterocycles. The molecule has 0 N–H and O–H groups in total. The Hall–Kier alpha value is -3.01. The first-order valence-electron chi connectivity index (χ1n) is 7.24. The van der Waals surface area contributed by atoms with E-state index in [1.54, 1.807) is 18.2 Å². The Labute approximate surface area is 147 Å². The molecule has 0 spiro atoms. The van der Waals surface area contributed by atoms with Crippen molar-refractivity contribution in [2.75, 3.05) is 0 Å². The van der Waals surface area contributed by atoms with Gasteiger partial charge in [-0.1, -0.05) is 17.7 Å². The van der Waals surface area contributed by atoms with Gasteiger partial charge in [0.15, 0.2) is 5.52 Å². The molecule has 0 radical (unpaired) electrons. The van der Waals surface area contributed by atoms with Gasteiger partial charge in [-0.2, -0.15) is 22.7 Å². The van der Waals surface area contributed by atoms with Crippen molar-refractivity contribution in [3.8, 4) is 5.69 Å². The molecule has 11 heteroatoms. The summed E-state index contributed by atoms with van der Waals surface area (Å²) in [4.78, 5) is 16.0. The zero-order valence-electron chi connectivity index (χ0n) is 13.0. The molecule has 0 saturated carbocycles. The van der Waals surface area contributed by atoms with Gasteiger partial charge in [0.1, 0.15) is 5.52 Å². The summed E-state index contributed by atoms with van der Waals surface area (Å²) in [5.41, 5.74) is 0.640. The number of halogens is 4. The van der Waals surface area contributed by atoms with Crippen LogP contribution < -0.4 is 5.56 Å². The number of hydrogen-bond donors (Lipinski definition) is 0. The fourth-order valence-corrected chi connectivity index (χ4v) is 2.85. The predicted molar refractivity (Wildman–Crippen MR) is 86.4 cm³/mol. The second kappa shape index (κ2) is 5.49. The molecule has 4 rings (SSSR count). The third-order valence-electron chi connectivity index (χ3n) is 3.72. The minimum atomic E-state index is -4.73. The number of alkyl halides is 3. The van der Waals surface area contributed by atoms with Crippen LogP contribution in [0.4, 0.5) is 13.2 Å². The van der Waals surface area contributed by atoms with Gasteiger partial charge in [-0.15, -0.1) is 15.3 Å². The van der Waals surface area contributed by atoms with Crippen molar-refractivity contribution in [2.45, 2.75) is 13.1 Å². The second-order valence-electron chi connectivity index (χ2n) is 5.52. The average molecular weight is 381 g/mol. The molecule has 1 aromatic carbocycles. The number of nitrogens with zero attached hydrogens (tertiary/aromatic N) is 6. The van der Waals surface area contributed by atoms with Crippen molar-refractivity contribution in [3.63, 3.8) is 0 Å². The molecule has 132 valence electrons. The van der Waals surface area contributed by atoms with Crippen molar-refractivity contribution in [2.24, 2.45) is 0 Å². The molecular weight excluding hydrogens is 373 g/mol. The zero-order chi connectivity index (χ0) is 18.6. The first-order chi connectivity index (χ1) is 12.3. The quantitative estimate of drug-likeness (QED) is 0.507. The van der Waals surface area contributed by atoms with Crippen LogP contribution in [0.25, 0.3) is 22.5 Å². The first-order valence-corrected chi connectivity index (χ1v) is 7.62. The Kier molecular flexibility index (Phi) is 3.48. The van der Waals surface area contributed by atoms with Crippen molar-refractivity contribution in [1.29, 1.82) is 0 Å². The number of aryl methyl sites for hydroxylation is 1. The van der Waals surface area contributed by atoms with Crippen LogP contribution in [0, 0.1) is 6.92 Å². The molecule has 4 aromatic rings. The lowest BCUT2D eigenvalue weighted by molar-refractivity contribution is -0.144. The number of aromatic nitrogens is 6. The van der Waals surface area contributed by atoms with Crippen LogP contribution in [0.1, 0.15) is 11.4 Å². The smallest absolute Gasteiger partial charge is 0.281 e. The van der Waals surface area contributed by atoms with Crippen LogP contribution in [0.2, 0.25) is 5.02 Å².